The van der Waals surface area contributed by atoms with Gasteiger partial charge in [0.05, 0.1) is 11.1 Å². The zero-order valence-electron chi connectivity index (χ0n) is 15.0. The fourth-order valence-electron chi connectivity index (χ4n) is 2.65. The predicted octanol–water partition coefficient (Wildman–Crippen LogP) is 2.57. The highest BCUT2D eigenvalue weighted by atomic mass is 16.2. The number of hydrogen-bond acceptors (Lipinski definition) is 4. The summed E-state index contributed by atoms with van der Waals surface area (Å²) in [5.41, 5.74) is 13.5. The number of benzene rings is 2. The number of unbranched alkanes of at least 4 members (excludes halogenated alkanes) is 1. The predicted molar refractivity (Wildman–Crippen MR) is 105 cm³/mol. The average Bonchev–Trinajstić information content (AvgIpc) is 2.62. The van der Waals surface area contributed by atoms with Gasteiger partial charge in [0.1, 0.15) is 0 Å². The minimum absolute atomic E-state index is 0.0302. The Morgan fingerprint density at radius 3 is 2.00 bits per heavy atom. The van der Waals surface area contributed by atoms with Crippen LogP contribution in [0.2, 0.25) is 0 Å². The molecule has 26 heavy (non-hydrogen) atoms. The summed E-state index contributed by atoms with van der Waals surface area (Å²) >= 11 is 0. The Labute approximate surface area is 154 Å². The standard InChI is InChI=1S/C20H26N4O2/c1-14(24-20(26)16-10-3-5-12-18(16)22)8-6-7-13-23-19(25)15-9-2-4-11-17(15)21/h2-5,9-12,14H,6-8,13,21-22H2,1H3,(H,23,25)(H,24,26). The first-order chi connectivity index (χ1) is 12.5. The first-order valence-electron chi connectivity index (χ1n) is 8.77. The van der Waals surface area contributed by atoms with Gasteiger partial charge in [0.2, 0.25) is 0 Å². The molecule has 1 unspecified atom stereocenters. The molecule has 0 saturated carbocycles. The van der Waals surface area contributed by atoms with Gasteiger partial charge >= 0.3 is 0 Å². The number of carbonyl (C=O) groups excluding carboxylic acids is 2. The summed E-state index contributed by atoms with van der Waals surface area (Å²) in [6, 6.07) is 14.0. The summed E-state index contributed by atoms with van der Waals surface area (Å²) in [4.78, 5) is 24.2. The Hall–Kier alpha value is -3.02. The number of nitrogens with one attached hydrogen (secondary N) is 2. The maximum atomic E-state index is 12.2. The van der Waals surface area contributed by atoms with Crippen LogP contribution in [0.5, 0.6) is 0 Å². The number of carbonyl (C=O) groups is 2. The highest BCUT2D eigenvalue weighted by Gasteiger charge is 2.12. The molecule has 2 aromatic rings. The summed E-state index contributed by atoms with van der Waals surface area (Å²) in [6.07, 6.45) is 2.53. The van der Waals surface area contributed by atoms with E-state index in [1.807, 2.05) is 6.92 Å². The van der Waals surface area contributed by atoms with Gasteiger partial charge in [0.15, 0.2) is 0 Å². The molecule has 0 spiro atoms. The van der Waals surface area contributed by atoms with Crippen molar-refractivity contribution >= 4 is 23.2 Å². The van der Waals surface area contributed by atoms with Crippen molar-refractivity contribution in [1.82, 2.24) is 10.6 Å². The van der Waals surface area contributed by atoms with Crippen molar-refractivity contribution in [1.29, 1.82) is 0 Å². The van der Waals surface area contributed by atoms with Crippen LogP contribution in [0.1, 0.15) is 46.9 Å². The molecule has 2 amide bonds. The number of para-hydroxylation sites is 2. The smallest absolute Gasteiger partial charge is 0.253 e. The van der Waals surface area contributed by atoms with E-state index in [0.717, 1.165) is 19.3 Å². The van der Waals surface area contributed by atoms with Gasteiger partial charge in [-0.05, 0) is 50.5 Å². The molecular weight excluding hydrogens is 328 g/mol. The summed E-state index contributed by atoms with van der Waals surface area (Å²) in [5.74, 6) is -0.326. The normalized spacial score (nSPS) is 11.6. The van der Waals surface area contributed by atoms with Gasteiger partial charge in [0, 0.05) is 24.0 Å². The maximum Gasteiger partial charge on any atom is 0.253 e. The second-order valence-electron chi connectivity index (χ2n) is 6.30. The molecule has 0 heterocycles. The fraction of sp³-hybridized carbons (Fsp3) is 0.300. The van der Waals surface area contributed by atoms with E-state index in [9.17, 15) is 9.59 Å². The second kappa shape index (κ2) is 9.46. The van der Waals surface area contributed by atoms with Gasteiger partial charge in [0.25, 0.3) is 11.8 Å². The van der Waals surface area contributed by atoms with E-state index >= 15 is 0 Å². The Bertz CT molecular complexity index is 761. The largest absolute Gasteiger partial charge is 0.398 e. The third kappa shape index (κ3) is 5.51. The molecule has 0 bridgehead atoms. The van der Waals surface area contributed by atoms with E-state index in [1.165, 1.54) is 0 Å². The summed E-state index contributed by atoms with van der Waals surface area (Å²) < 4.78 is 0. The lowest BCUT2D eigenvalue weighted by Gasteiger charge is -2.15. The molecule has 2 rings (SSSR count). The van der Waals surface area contributed by atoms with Crippen molar-refractivity contribution in [3.05, 3.63) is 59.7 Å². The number of anilines is 2. The van der Waals surface area contributed by atoms with Crippen LogP contribution in [0.3, 0.4) is 0 Å². The van der Waals surface area contributed by atoms with E-state index < -0.39 is 0 Å². The lowest BCUT2D eigenvalue weighted by molar-refractivity contribution is 0.0937. The molecule has 0 aliphatic heterocycles. The van der Waals surface area contributed by atoms with Crippen LogP contribution in [0.25, 0.3) is 0 Å². The van der Waals surface area contributed by atoms with Gasteiger partial charge in [-0.1, -0.05) is 24.3 Å². The molecule has 0 aromatic heterocycles. The number of rotatable bonds is 8. The van der Waals surface area contributed by atoms with E-state index in [2.05, 4.69) is 10.6 Å². The van der Waals surface area contributed by atoms with Crippen molar-refractivity contribution in [3.8, 4) is 0 Å². The summed E-state index contributed by atoms with van der Waals surface area (Å²) in [7, 11) is 0. The molecule has 0 radical (unpaired) electrons. The van der Waals surface area contributed by atoms with Crippen molar-refractivity contribution in [3.63, 3.8) is 0 Å². The molecule has 6 N–H and O–H groups in total. The monoisotopic (exact) mass is 354 g/mol. The van der Waals surface area contributed by atoms with Crippen LogP contribution in [0.4, 0.5) is 11.4 Å². The van der Waals surface area contributed by atoms with Crippen LogP contribution in [0.15, 0.2) is 48.5 Å². The van der Waals surface area contributed by atoms with Gasteiger partial charge in [-0.2, -0.15) is 0 Å². The van der Waals surface area contributed by atoms with Gasteiger partial charge in [-0.15, -0.1) is 0 Å². The maximum absolute atomic E-state index is 12.2. The zero-order chi connectivity index (χ0) is 18.9. The van der Waals surface area contributed by atoms with Gasteiger partial charge in [-0.25, -0.2) is 0 Å². The van der Waals surface area contributed by atoms with Crippen LogP contribution in [0, 0.1) is 0 Å². The Kier molecular flexibility index (Phi) is 7.02. The molecule has 0 fully saturated rings. The third-order valence-corrected chi connectivity index (χ3v) is 4.14. The van der Waals surface area contributed by atoms with Gasteiger partial charge in [-0.3, -0.25) is 9.59 Å². The number of nitrogens with two attached hydrogens (primary N) is 2. The fourth-order valence-corrected chi connectivity index (χ4v) is 2.65. The topological polar surface area (TPSA) is 110 Å². The number of amides is 2. The first-order valence-corrected chi connectivity index (χ1v) is 8.77. The Morgan fingerprint density at radius 1 is 0.885 bits per heavy atom. The summed E-state index contributed by atoms with van der Waals surface area (Å²) in [6.45, 7) is 2.53. The third-order valence-electron chi connectivity index (χ3n) is 4.14. The molecule has 6 nitrogen and oxygen atoms in total. The molecule has 1 atom stereocenters. The first kappa shape index (κ1) is 19.3. The second-order valence-corrected chi connectivity index (χ2v) is 6.30. The Morgan fingerprint density at radius 2 is 1.42 bits per heavy atom. The van der Waals surface area contributed by atoms with Gasteiger partial charge < -0.3 is 22.1 Å². The van der Waals surface area contributed by atoms with E-state index in [4.69, 9.17) is 11.5 Å². The van der Waals surface area contributed by atoms with Crippen LogP contribution < -0.4 is 22.1 Å². The molecule has 0 saturated heterocycles. The van der Waals surface area contributed by atoms with Crippen molar-refractivity contribution in [2.45, 2.75) is 32.2 Å². The molecule has 6 heteroatoms. The SMILES string of the molecule is CC(CCCCNC(=O)c1ccccc1N)NC(=O)c1ccccc1N. The summed E-state index contributed by atoms with van der Waals surface area (Å²) in [5, 5.41) is 5.81. The highest BCUT2D eigenvalue weighted by Crippen LogP contribution is 2.12. The lowest BCUT2D eigenvalue weighted by atomic mass is 10.1. The minimum atomic E-state index is -0.163. The molecule has 0 aliphatic rings. The molecule has 0 aliphatic carbocycles. The zero-order valence-corrected chi connectivity index (χ0v) is 15.0. The van der Waals surface area contributed by atoms with Crippen LogP contribution >= 0.6 is 0 Å². The molecule has 2 aromatic carbocycles. The number of nitrogen functional groups attached to an aromatic ring is 2. The molecule has 138 valence electrons. The van der Waals surface area contributed by atoms with E-state index in [-0.39, 0.29) is 17.9 Å². The minimum Gasteiger partial charge on any atom is -0.398 e. The van der Waals surface area contributed by atoms with Crippen LogP contribution in [-0.4, -0.2) is 24.4 Å². The average molecular weight is 354 g/mol. The Balaban J connectivity index is 1.67. The quantitative estimate of drug-likeness (QED) is 0.431. The highest BCUT2D eigenvalue weighted by molar-refractivity contribution is 5.99. The lowest BCUT2D eigenvalue weighted by Crippen LogP contribution is -2.33. The van der Waals surface area contributed by atoms with Crippen molar-refractivity contribution in [2.75, 3.05) is 18.0 Å². The van der Waals surface area contributed by atoms with E-state index in [0.29, 0.717) is 29.0 Å². The van der Waals surface area contributed by atoms with Crippen LogP contribution in [-0.2, 0) is 0 Å². The number of hydrogen-bond donors (Lipinski definition) is 4. The van der Waals surface area contributed by atoms with Crippen molar-refractivity contribution in [2.24, 2.45) is 0 Å². The van der Waals surface area contributed by atoms with E-state index in [1.54, 1.807) is 48.5 Å². The molecular formula is C20H26N4O2. The van der Waals surface area contributed by atoms with Crippen molar-refractivity contribution < 1.29 is 9.59 Å².